The number of methoxy groups -OCH3 is 2. The van der Waals surface area contributed by atoms with Crippen molar-refractivity contribution in [1.82, 2.24) is 5.32 Å². The normalized spacial score (nSPS) is 11.4. The van der Waals surface area contributed by atoms with Crippen LogP contribution in [0.15, 0.2) is 59.5 Å². The summed E-state index contributed by atoms with van der Waals surface area (Å²) in [5, 5.41) is 2.96. The summed E-state index contributed by atoms with van der Waals surface area (Å²) in [6.45, 7) is 2.29. The average Bonchev–Trinajstić information content (AvgIpc) is 2.82. The van der Waals surface area contributed by atoms with Gasteiger partial charge >= 0.3 is 0 Å². The minimum atomic E-state index is -4.06. The zero-order valence-corrected chi connectivity index (χ0v) is 20.4. The van der Waals surface area contributed by atoms with Gasteiger partial charge in [0, 0.05) is 31.1 Å². The lowest BCUT2D eigenvalue weighted by atomic mass is 10.00. The van der Waals surface area contributed by atoms with Crippen molar-refractivity contribution >= 4 is 15.7 Å². The number of likely N-dealkylation sites (N-methyl/N-ethyl adjacent to an activating group) is 1. The molecule has 0 heterocycles. The lowest BCUT2D eigenvalue weighted by molar-refractivity contribution is 0.354. The van der Waals surface area contributed by atoms with Crippen LogP contribution in [0.4, 0.5) is 14.5 Å². The Morgan fingerprint density at radius 2 is 1.62 bits per heavy atom. The van der Waals surface area contributed by atoms with Crippen LogP contribution in [0.3, 0.4) is 0 Å². The van der Waals surface area contributed by atoms with E-state index >= 15 is 0 Å². The number of nitrogens with one attached hydrogen (secondary N) is 1. The molecule has 0 aromatic heterocycles. The largest absolute Gasteiger partial charge is 0.493 e. The summed E-state index contributed by atoms with van der Waals surface area (Å²) >= 11 is 0. The topological polar surface area (TPSA) is 67.9 Å². The first-order valence-electron chi connectivity index (χ1n) is 10.6. The standard InChI is InChI=1S/C25H28F2N2O4S/c1-17-8-10-23(18(14-17)15-20-21(26)6-5-7-22(20)27)29(13-12-28-2)34(30,31)19-9-11-24(32-3)25(16-19)33-4/h5-11,14,16,28H,12-13,15H2,1-4H3. The minimum Gasteiger partial charge on any atom is -0.493 e. The van der Waals surface area contributed by atoms with E-state index in [-0.39, 0.29) is 29.2 Å². The number of sulfonamides is 1. The van der Waals surface area contributed by atoms with E-state index in [4.69, 9.17) is 9.47 Å². The van der Waals surface area contributed by atoms with Crippen molar-refractivity contribution in [3.8, 4) is 11.5 Å². The van der Waals surface area contributed by atoms with Crippen LogP contribution in [0, 0.1) is 18.6 Å². The molecule has 0 radical (unpaired) electrons. The van der Waals surface area contributed by atoms with Gasteiger partial charge in [-0.1, -0.05) is 23.8 Å². The molecule has 0 aliphatic rings. The van der Waals surface area contributed by atoms with Gasteiger partial charge < -0.3 is 14.8 Å². The number of nitrogens with zero attached hydrogens (tertiary/aromatic N) is 1. The summed E-state index contributed by atoms with van der Waals surface area (Å²) in [5.41, 5.74) is 1.56. The van der Waals surface area contributed by atoms with Gasteiger partial charge in [0.25, 0.3) is 10.0 Å². The molecule has 0 fully saturated rings. The molecule has 9 heteroatoms. The first-order valence-corrected chi connectivity index (χ1v) is 12.1. The number of rotatable bonds is 10. The molecule has 3 rings (SSSR count). The monoisotopic (exact) mass is 490 g/mol. The third-order valence-electron chi connectivity index (χ3n) is 5.44. The van der Waals surface area contributed by atoms with Gasteiger partial charge in [0.2, 0.25) is 0 Å². The maximum Gasteiger partial charge on any atom is 0.264 e. The van der Waals surface area contributed by atoms with Gasteiger partial charge in [-0.2, -0.15) is 0 Å². The van der Waals surface area contributed by atoms with Crippen molar-refractivity contribution in [3.05, 3.63) is 82.9 Å². The van der Waals surface area contributed by atoms with Crippen molar-refractivity contribution in [1.29, 1.82) is 0 Å². The van der Waals surface area contributed by atoms with Crippen LogP contribution in [0.1, 0.15) is 16.7 Å². The summed E-state index contributed by atoms with van der Waals surface area (Å²) in [4.78, 5) is 0.00449. The highest BCUT2D eigenvalue weighted by Gasteiger charge is 2.28. The van der Waals surface area contributed by atoms with Crippen LogP contribution in [-0.2, 0) is 16.4 Å². The number of ether oxygens (including phenoxy) is 2. The van der Waals surface area contributed by atoms with E-state index in [0.717, 1.165) is 5.56 Å². The first kappa shape index (κ1) is 25.5. The number of halogens is 2. The Bertz CT molecular complexity index is 1250. The minimum absolute atomic E-state index is 0.00449. The van der Waals surface area contributed by atoms with Crippen LogP contribution in [0.5, 0.6) is 11.5 Å². The van der Waals surface area contributed by atoms with E-state index in [0.29, 0.717) is 23.5 Å². The Morgan fingerprint density at radius 3 is 2.24 bits per heavy atom. The Morgan fingerprint density at radius 1 is 0.941 bits per heavy atom. The first-order chi connectivity index (χ1) is 16.2. The Balaban J connectivity index is 2.15. The zero-order chi connectivity index (χ0) is 24.9. The van der Waals surface area contributed by atoms with Gasteiger partial charge in [-0.3, -0.25) is 4.31 Å². The molecule has 0 spiro atoms. The maximum atomic E-state index is 14.4. The number of benzene rings is 3. The molecule has 34 heavy (non-hydrogen) atoms. The summed E-state index contributed by atoms with van der Waals surface area (Å²) in [6.07, 6.45) is -0.104. The van der Waals surface area contributed by atoms with Crippen LogP contribution < -0.4 is 19.1 Å². The van der Waals surface area contributed by atoms with Crippen LogP contribution >= 0.6 is 0 Å². The third-order valence-corrected chi connectivity index (χ3v) is 7.25. The second kappa shape index (κ2) is 10.8. The second-order valence-electron chi connectivity index (χ2n) is 7.71. The van der Waals surface area contributed by atoms with Crippen molar-refractivity contribution in [3.63, 3.8) is 0 Å². The van der Waals surface area contributed by atoms with Gasteiger partial charge in [-0.25, -0.2) is 17.2 Å². The quantitative estimate of drug-likeness (QED) is 0.459. The zero-order valence-electron chi connectivity index (χ0n) is 19.6. The lowest BCUT2D eigenvalue weighted by Crippen LogP contribution is -2.37. The molecule has 0 unspecified atom stereocenters. The molecule has 182 valence electrons. The van der Waals surface area contributed by atoms with Crippen LogP contribution in [0.2, 0.25) is 0 Å². The highest BCUT2D eigenvalue weighted by atomic mass is 32.2. The maximum absolute atomic E-state index is 14.4. The van der Waals surface area contributed by atoms with Gasteiger partial charge in [0.15, 0.2) is 11.5 Å². The fourth-order valence-corrected chi connectivity index (χ4v) is 5.20. The van der Waals surface area contributed by atoms with E-state index in [1.165, 1.54) is 54.9 Å². The fourth-order valence-electron chi connectivity index (χ4n) is 3.68. The molecule has 0 amide bonds. The predicted molar refractivity (Wildman–Crippen MR) is 128 cm³/mol. The molecule has 0 saturated heterocycles. The Labute approximate surface area is 199 Å². The van der Waals surface area contributed by atoms with E-state index < -0.39 is 21.7 Å². The second-order valence-corrected chi connectivity index (χ2v) is 9.57. The summed E-state index contributed by atoms with van der Waals surface area (Å²) < 4.78 is 68.2. The molecule has 3 aromatic rings. The van der Waals surface area contributed by atoms with Gasteiger partial charge in [0.1, 0.15) is 11.6 Å². The number of aryl methyl sites for hydroxylation is 1. The van der Waals surface area contributed by atoms with Gasteiger partial charge in [-0.15, -0.1) is 0 Å². The van der Waals surface area contributed by atoms with Crippen molar-refractivity contribution in [2.24, 2.45) is 0 Å². The van der Waals surface area contributed by atoms with E-state index in [2.05, 4.69) is 5.32 Å². The molecule has 0 saturated carbocycles. The summed E-state index contributed by atoms with van der Waals surface area (Å²) in [6, 6.07) is 13.2. The number of hydrogen-bond donors (Lipinski definition) is 1. The summed E-state index contributed by atoms with van der Waals surface area (Å²) in [5.74, 6) is -0.696. The van der Waals surface area contributed by atoms with Gasteiger partial charge in [-0.05, 0) is 49.9 Å². The highest BCUT2D eigenvalue weighted by molar-refractivity contribution is 7.92. The fraction of sp³-hybridized carbons (Fsp3) is 0.280. The third kappa shape index (κ3) is 5.31. The van der Waals surface area contributed by atoms with Crippen LogP contribution in [0.25, 0.3) is 0 Å². The lowest BCUT2D eigenvalue weighted by Gasteiger charge is -2.27. The number of anilines is 1. The predicted octanol–water partition coefficient (Wildman–Crippen LogP) is 4.30. The van der Waals surface area contributed by atoms with Crippen molar-refractivity contribution < 1.29 is 26.7 Å². The molecule has 0 atom stereocenters. The molecule has 0 aliphatic heterocycles. The van der Waals surface area contributed by atoms with E-state index in [9.17, 15) is 17.2 Å². The van der Waals surface area contributed by atoms with Crippen LogP contribution in [-0.4, -0.2) is 42.8 Å². The molecule has 6 nitrogen and oxygen atoms in total. The Hall–Kier alpha value is -3.17. The van der Waals surface area contributed by atoms with Gasteiger partial charge in [0.05, 0.1) is 24.8 Å². The molecule has 3 aromatic carbocycles. The van der Waals surface area contributed by atoms with E-state index in [1.807, 2.05) is 6.92 Å². The van der Waals surface area contributed by atoms with Crippen molar-refractivity contribution in [2.75, 3.05) is 38.7 Å². The average molecular weight is 491 g/mol. The summed E-state index contributed by atoms with van der Waals surface area (Å²) in [7, 11) is 0.541. The molecular formula is C25H28F2N2O4S. The molecule has 1 N–H and O–H groups in total. The highest BCUT2D eigenvalue weighted by Crippen LogP contribution is 2.34. The molecular weight excluding hydrogens is 462 g/mol. The number of hydrogen-bond acceptors (Lipinski definition) is 5. The Kier molecular flexibility index (Phi) is 8.11. The molecule has 0 bridgehead atoms. The SMILES string of the molecule is CNCCN(c1ccc(C)cc1Cc1c(F)cccc1F)S(=O)(=O)c1ccc(OC)c(OC)c1. The van der Waals surface area contributed by atoms with Crippen molar-refractivity contribution in [2.45, 2.75) is 18.2 Å². The smallest absolute Gasteiger partial charge is 0.264 e. The molecule has 0 aliphatic carbocycles. The van der Waals surface area contributed by atoms with E-state index in [1.54, 1.807) is 25.2 Å².